The molecule has 1 fully saturated rings. The van der Waals surface area contributed by atoms with Gasteiger partial charge >= 0.3 is 0 Å². The van der Waals surface area contributed by atoms with Gasteiger partial charge in [0.05, 0.1) is 11.5 Å². The number of carbonyl (C=O) groups excluding carboxylic acids is 1. The van der Waals surface area contributed by atoms with Gasteiger partial charge in [0.15, 0.2) is 6.79 Å². The third-order valence-electron chi connectivity index (χ3n) is 5.51. The second-order valence-electron chi connectivity index (χ2n) is 7.69. The smallest absolute Gasteiger partial charge is 0.270 e. The summed E-state index contributed by atoms with van der Waals surface area (Å²) in [4.78, 5) is 27.4. The fourth-order valence-corrected chi connectivity index (χ4v) is 3.87. The van der Waals surface area contributed by atoms with Crippen molar-refractivity contribution in [3.8, 4) is 11.5 Å². The molecule has 1 amide bonds. The molecule has 0 saturated carbocycles. The van der Waals surface area contributed by atoms with Crippen molar-refractivity contribution in [2.45, 2.75) is 6.61 Å². The highest BCUT2D eigenvalue weighted by Gasteiger charge is 2.22. The minimum Gasteiger partial charge on any atom is -0.492 e. The van der Waals surface area contributed by atoms with E-state index in [9.17, 15) is 14.9 Å². The molecule has 33 heavy (non-hydrogen) atoms. The van der Waals surface area contributed by atoms with Gasteiger partial charge in [-0.05, 0) is 30.3 Å². The van der Waals surface area contributed by atoms with E-state index in [1.807, 2.05) is 12.1 Å². The van der Waals surface area contributed by atoms with Gasteiger partial charge in [-0.15, -0.1) is 0 Å². The van der Waals surface area contributed by atoms with Crippen LogP contribution >= 0.6 is 11.6 Å². The summed E-state index contributed by atoms with van der Waals surface area (Å²) in [6.07, 6.45) is 3.02. The van der Waals surface area contributed by atoms with Gasteiger partial charge in [0, 0.05) is 67.1 Å². The first-order valence-corrected chi connectivity index (χ1v) is 11.0. The molecule has 0 unspecified atom stereocenters. The highest BCUT2D eigenvalue weighted by atomic mass is 35.5. The number of nitro groups is 1. The number of hydrogen-bond acceptors (Lipinski definition) is 7. The molecule has 2 aromatic rings. The highest BCUT2D eigenvalue weighted by molar-refractivity contribution is 6.30. The molecule has 174 valence electrons. The van der Waals surface area contributed by atoms with Crippen molar-refractivity contribution in [2.24, 2.45) is 0 Å². The fourth-order valence-electron chi connectivity index (χ4n) is 3.74. The Bertz CT molecular complexity index is 1040. The van der Waals surface area contributed by atoms with E-state index in [0.717, 1.165) is 25.4 Å². The van der Waals surface area contributed by atoms with E-state index in [4.69, 9.17) is 25.8 Å². The number of fused-ring (bicyclic) bond motifs is 1. The lowest BCUT2D eigenvalue weighted by Crippen LogP contribution is -2.49. The third-order valence-corrected chi connectivity index (χ3v) is 5.77. The van der Waals surface area contributed by atoms with Gasteiger partial charge in [-0.3, -0.25) is 19.8 Å². The quantitative estimate of drug-likeness (QED) is 0.346. The first kappa shape index (κ1) is 23.0. The van der Waals surface area contributed by atoms with Crippen LogP contribution in [0.1, 0.15) is 11.1 Å². The van der Waals surface area contributed by atoms with E-state index < -0.39 is 4.92 Å². The summed E-state index contributed by atoms with van der Waals surface area (Å²) in [7, 11) is 0. The summed E-state index contributed by atoms with van der Waals surface area (Å²) in [6.45, 7) is 4.31. The fraction of sp³-hybridized carbons (Fsp3) is 0.348. The molecule has 2 aliphatic rings. The number of rotatable bonds is 7. The minimum atomic E-state index is -0.468. The van der Waals surface area contributed by atoms with Crippen molar-refractivity contribution >= 4 is 29.3 Å². The number of amides is 1. The van der Waals surface area contributed by atoms with Crippen LogP contribution in [-0.2, 0) is 16.1 Å². The molecule has 0 aromatic heterocycles. The second-order valence-corrected chi connectivity index (χ2v) is 8.13. The summed E-state index contributed by atoms with van der Waals surface area (Å²) in [5, 5.41) is 11.9. The molecule has 2 aromatic carbocycles. The molecule has 9 nitrogen and oxygen atoms in total. The first-order chi connectivity index (χ1) is 16.0. The number of carbonyl (C=O) groups is 1. The molecule has 0 bridgehead atoms. The van der Waals surface area contributed by atoms with Gasteiger partial charge in [0.2, 0.25) is 5.91 Å². The lowest BCUT2D eigenvalue weighted by Gasteiger charge is -2.34. The van der Waals surface area contributed by atoms with Gasteiger partial charge in [-0.1, -0.05) is 11.6 Å². The van der Waals surface area contributed by atoms with Gasteiger partial charge in [0.25, 0.3) is 5.69 Å². The Morgan fingerprint density at radius 2 is 1.94 bits per heavy atom. The highest BCUT2D eigenvalue weighted by Crippen LogP contribution is 2.33. The molecule has 0 N–H and O–H groups in total. The third kappa shape index (κ3) is 6.01. The lowest BCUT2D eigenvalue weighted by atomic mass is 10.1. The number of halogens is 1. The summed E-state index contributed by atoms with van der Waals surface area (Å²) >= 11 is 5.88. The monoisotopic (exact) mass is 473 g/mol. The standard InChI is InChI=1S/C23H24ClN3O6/c24-19-2-4-21(5-3-19)32-12-11-25-7-9-26(10-8-25)22(28)6-1-17-13-20(27(29)30)14-18-15-31-16-33-23(17)18/h1-6,13-14H,7-12,15-16H2. The minimum absolute atomic E-state index is 0.0654. The average Bonchev–Trinajstić information content (AvgIpc) is 2.83. The van der Waals surface area contributed by atoms with Gasteiger partial charge in [-0.2, -0.15) is 0 Å². The summed E-state index contributed by atoms with van der Waals surface area (Å²) in [5.41, 5.74) is 1.02. The number of non-ortho nitro benzene ring substituents is 1. The molecular weight excluding hydrogens is 450 g/mol. The van der Waals surface area contributed by atoms with Gasteiger partial charge in [0.1, 0.15) is 18.1 Å². The molecule has 0 atom stereocenters. The van der Waals surface area contributed by atoms with Crippen LogP contribution in [0.4, 0.5) is 5.69 Å². The Morgan fingerprint density at radius 3 is 2.67 bits per heavy atom. The van der Waals surface area contributed by atoms with E-state index in [2.05, 4.69) is 4.90 Å². The van der Waals surface area contributed by atoms with Crippen LogP contribution < -0.4 is 9.47 Å². The Labute approximate surface area is 196 Å². The number of benzene rings is 2. The molecule has 4 rings (SSSR count). The van der Waals surface area contributed by atoms with E-state index in [0.29, 0.717) is 41.6 Å². The summed E-state index contributed by atoms with van der Waals surface area (Å²) in [6, 6.07) is 10.1. The molecule has 2 aliphatic heterocycles. The number of piperazine rings is 1. The van der Waals surface area contributed by atoms with Crippen molar-refractivity contribution in [3.05, 3.63) is 68.7 Å². The van der Waals surface area contributed by atoms with Crippen molar-refractivity contribution < 1.29 is 23.9 Å². The van der Waals surface area contributed by atoms with E-state index >= 15 is 0 Å². The average molecular weight is 474 g/mol. The Kier molecular flexibility index (Phi) is 7.43. The Hall–Kier alpha value is -3.14. The molecule has 10 heteroatoms. The topological polar surface area (TPSA) is 94.4 Å². The SMILES string of the molecule is O=C(C=Cc1cc([N+](=O)[O-])cc2c1OCOC2)N1CCN(CCOc2ccc(Cl)cc2)CC1. The molecular formula is C23H24ClN3O6. The van der Waals surface area contributed by atoms with Gasteiger partial charge in [-0.25, -0.2) is 0 Å². The number of nitro benzene ring substituents is 1. The van der Waals surface area contributed by atoms with E-state index in [1.165, 1.54) is 18.2 Å². The van der Waals surface area contributed by atoms with Crippen LogP contribution in [0.25, 0.3) is 6.08 Å². The molecule has 0 radical (unpaired) electrons. The second kappa shape index (κ2) is 10.7. The zero-order valence-electron chi connectivity index (χ0n) is 17.9. The summed E-state index contributed by atoms with van der Waals surface area (Å²) in [5.74, 6) is 1.15. The van der Waals surface area contributed by atoms with Crippen LogP contribution in [0.2, 0.25) is 5.02 Å². The largest absolute Gasteiger partial charge is 0.492 e. The maximum atomic E-state index is 12.7. The Balaban J connectivity index is 1.29. The maximum absolute atomic E-state index is 12.7. The predicted molar refractivity (Wildman–Crippen MR) is 122 cm³/mol. The van der Waals surface area contributed by atoms with Crippen molar-refractivity contribution in [3.63, 3.8) is 0 Å². The predicted octanol–water partition coefficient (Wildman–Crippen LogP) is 3.35. The van der Waals surface area contributed by atoms with Crippen molar-refractivity contribution in [2.75, 3.05) is 46.1 Å². The van der Waals surface area contributed by atoms with Crippen molar-refractivity contribution in [1.29, 1.82) is 0 Å². The zero-order valence-corrected chi connectivity index (χ0v) is 18.7. The van der Waals surface area contributed by atoms with Crippen LogP contribution in [0, 0.1) is 10.1 Å². The molecule has 0 aliphatic carbocycles. The van der Waals surface area contributed by atoms with Crippen LogP contribution in [0.3, 0.4) is 0 Å². The zero-order chi connectivity index (χ0) is 23.2. The number of ether oxygens (including phenoxy) is 3. The van der Waals surface area contributed by atoms with E-state index in [-0.39, 0.29) is 25.0 Å². The molecule has 1 saturated heterocycles. The van der Waals surface area contributed by atoms with Crippen LogP contribution in [-0.4, -0.2) is 66.8 Å². The molecule has 0 spiro atoms. The Morgan fingerprint density at radius 1 is 1.18 bits per heavy atom. The maximum Gasteiger partial charge on any atom is 0.270 e. The van der Waals surface area contributed by atoms with Crippen LogP contribution in [0.5, 0.6) is 11.5 Å². The van der Waals surface area contributed by atoms with Gasteiger partial charge < -0.3 is 19.1 Å². The van der Waals surface area contributed by atoms with Crippen LogP contribution in [0.15, 0.2) is 42.5 Å². The van der Waals surface area contributed by atoms with Crippen molar-refractivity contribution in [1.82, 2.24) is 9.80 Å². The molecule has 2 heterocycles. The normalized spacial score (nSPS) is 16.3. The number of nitrogens with zero attached hydrogens (tertiary/aromatic N) is 3. The van der Waals surface area contributed by atoms with E-state index in [1.54, 1.807) is 23.1 Å². The number of hydrogen-bond donors (Lipinski definition) is 0. The lowest BCUT2D eigenvalue weighted by molar-refractivity contribution is -0.385. The first-order valence-electron chi connectivity index (χ1n) is 10.6. The summed E-state index contributed by atoms with van der Waals surface area (Å²) < 4.78 is 16.5.